The zero-order valence-corrected chi connectivity index (χ0v) is 16.0. The number of carbonyl (C=O) groups is 2. The summed E-state index contributed by atoms with van der Waals surface area (Å²) in [6, 6.07) is 3.38. The van der Waals surface area contributed by atoms with E-state index in [1.165, 1.54) is 6.26 Å². The van der Waals surface area contributed by atoms with E-state index in [-0.39, 0.29) is 29.4 Å². The summed E-state index contributed by atoms with van der Waals surface area (Å²) in [4.78, 5) is 29.0. The van der Waals surface area contributed by atoms with Crippen molar-refractivity contribution in [3.63, 3.8) is 0 Å². The molecule has 0 saturated carbocycles. The number of likely N-dealkylation sites (tertiary alicyclic amines) is 1. The first-order valence-corrected chi connectivity index (χ1v) is 10.2. The lowest BCUT2D eigenvalue weighted by Gasteiger charge is -2.29. The van der Waals surface area contributed by atoms with E-state index in [9.17, 15) is 9.59 Å². The minimum Gasteiger partial charge on any atom is -0.459 e. The van der Waals surface area contributed by atoms with Crippen molar-refractivity contribution in [1.82, 2.24) is 15.1 Å². The monoisotopic (exact) mass is 389 g/mol. The number of ether oxygens (including phenoxy) is 2. The second-order valence-corrected chi connectivity index (χ2v) is 8.38. The van der Waals surface area contributed by atoms with Gasteiger partial charge in [0, 0.05) is 44.6 Å². The van der Waals surface area contributed by atoms with Crippen LogP contribution in [0.5, 0.6) is 0 Å². The van der Waals surface area contributed by atoms with Crippen LogP contribution in [0.15, 0.2) is 22.8 Å². The molecule has 1 spiro atoms. The van der Waals surface area contributed by atoms with Crippen molar-refractivity contribution in [2.24, 2.45) is 11.8 Å². The van der Waals surface area contributed by atoms with Gasteiger partial charge in [-0.3, -0.25) is 14.5 Å². The number of fused-ring (bicyclic) bond motifs is 1. The molecule has 152 valence electrons. The zero-order valence-electron chi connectivity index (χ0n) is 16.0. The first-order chi connectivity index (χ1) is 13.6. The van der Waals surface area contributed by atoms with Gasteiger partial charge < -0.3 is 24.1 Å². The molecule has 0 aliphatic carbocycles. The molecule has 4 atom stereocenters. The molecule has 28 heavy (non-hydrogen) atoms. The van der Waals surface area contributed by atoms with Gasteiger partial charge in [0.15, 0.2) is 5.76 Å². The molecule has 4 saturated heterocycles. The molecule has 8 nitrogen and oxygen atoms in total. The molecule has 1 aromatic heterocycles. The number of nitrogens with one attached hydrogen (secondary N) is 1. The predicted octanol–water partition coefficient (Wildman–Crippen LogP) is 0.348. The van der Waals surface area contributed by atoms with Gasteiger partial charge in [0.05, 0.1) is 37.7 Å². The van der Waals surface area contributed by atoms with Crippen molar-refractivity contribution in [3.8, 4) is 0 Å². The van der Waals surface area contributed by atoms with Crippen molar-refractivity contribution in [1.29, 1.82) is 0 Å². The maximum Gasteiger partial charge on any atom is 0.286 e. The van der Waals surface area contributed by atoms with Gasteiger partial charge in [-0.25, -0.2) is 0 Å². The van der Waals surface area contributed by atoms with Crippen LogP contribution in [0, 0.1) is 11.8 Å². The minimum absolute atomic E-state index is 0.143. The molecular weight excluding hydrogens is 362 g/mol. The molecule has 2 amide bonds. The average molecular weight is 389 g/mol. The summed E-state index contributed by atoms with van der Waals surface area (Å²) in [7, 11) is 0. The number of nitrogens with zero attached hydrogens (tertiary/aromatic N) is 2. The average Bonchev–Trinajstić information content (AvgIpc) is 3.47. The molecule has 8 heteroatoms. The van der Waals surface area contributed by atoms with Gasteiger partial charge in [0.1, 0.15) is 0 Å². The van der Waals surface area contributed by atoms with E-state index in [1.807, 2.05) is 4.90 Å². The highest BCUT2D eigenvalue weighted by molar-refractivity contribution is 5.91. The quantitative estimate of drug-likeness (QED) is 0.782. The molecule has 5 rings (SSSR count). The molecule has 4 aliphatic rings. The highest BCUT2D eigenvalue weighted by atomic mass is 16.5. The molecule has 2 bridgehead atoms. The van der Waals surface area contributed by atoms with Crippen molar-refractivity contribution in [2.45, 2.75) is 24.5 Å². The molecule has 1 N–H and O–H groups in total. The van der Waals surface area contributed by atoms with Crippen molar-refractivity contribution in [3.05, 3.63) is 24.2 Å². The van der Waals surface area contributed by atoms with Crippen LogP contribution in [-0.4, -0.2) is 85.8 Å². The van der Waals surface area contributed by atoms with Gasteiger partial charge >= 0.3 is 0 Å². The second kappa shape index (κ2) is 7.17. The standard InChI is InChI=1S/C20H27N3O5/c24-18(23-5-8-26-9-6-23)12-22-11-15-14(16-3-4-20(15,13-22)28-16)10-21-19(25)17-2-1-7-27-17/h1-2,7,14-16H,3-6,8-13H2,(H,21,25)/t14-,15+,16+,20+/m0/s1. The van der Waals surface area contributed by atoms with E-state index in [0.717, 1.165) is 25.9 Å². The number of amides is 2. The summed E-state index contributed by atoms with van der Waals surface area (Å²) >= 11 is 0. The van der Waals surface area contributed by atoms with Crippen molar-refractivity contribution >= 4 is 11.8 Å². The lowest BCUT2D eigenvalue weighted by atomic mass is 9.73. The summed E-state index contributed by atoms with van der Waals surface area (Å²) in [6.07, 6.45) is 3.79. The normalized spacial score (nSPS) is 34.6. The first kappa shape index (κ1) is 18.1. The Balaban J connectivity index is 1.20. The van der Waals surface area contributed by atoms with Crippen LogP contribution < -0.4 is 5.32 Å². The Bertz CT molecular complexity index is 732. The summed E-state index contributed by atoms with van der Waals surface area (Å²) < 4.78 is 16.9. The molecule has 0 aromatic carbocycles. The van der Waals surface area contributed by atoms with Crippen LogP contribution in [0.3, 0.4) is 0 Å². The van der Waals surface area contributed by atoms with Crippen LogP contribution in [-0.2, 0) is 14.3 Å². The molecule has 5 heterocycles. The fourth-order valence-electron chi connectivity index (χ4n) is 5.49. The van der Waals surface area contributed by atoms with Gasteiger partial charge in [-0.05, 0) is 25.0 Å². The Morgan fingerprint density at radius 3 is 2.93 bits per heavy atom. The van der Waals surface area contributed by atoms with Crippen molar-refractivity contribution < 1.29 is 23.5 Å². The third-order valence-corrected chi connectivity index (χ3v) is 6.82. The number of morpholine rings is 1. The molecule has 4 aliphatic heterocycles. The minimum atomic E-state index is -0.181. The second-order valence-electron chi connectivity index (χ2n) is 8.38. The first-order valence-electron chi connectivity index (χ1n) is 10.2. The number of hydrogen-bond donors (Lipinski definition) is 1. The number of rotatable bonds is 5. The van der Waals surface area contributed by atoms with Crippen LogP contribution in [0.2, 0.25) is 0 Å². The smallest absolute Gasteiger partial charge is 0.286 e. The third-order valence-electron chi connectivity index (χ3n) is 6.82. The number of carbonyl (C=O) groups excluding carboxylic acids is 2. The van der Waals surface area contributed by atoms with Crippen LogP contribution in [0.25, 0.3) is 0 Å². The van der Waals surface area contributed by atoms with Gasteiger partial charge in [0.2, 0.25) is 5.91 Å². The lowest BCUT2D eigenvalue weighted by molar-refractivity contribution is -0.136. The number of furan rings is 1. The van der Waals surface area contributed by atoms with Gasteiger partial charge in [0.25, 0.3) is 5.91 Å². The largest absolute Gasteiger partial charge is 0.459 e. The molecular formula is C20H27N3O5. The van der Waals surface area contributed by atoms with Crippen LogP contribution in [0.1, 0.15) is 23.4 Å². The maximum atomic E-state index is 12.6. The highest BCUT2D eigenvalue weighted by Gasteiger charge is 2.62. The topological polar surface area (TPSA) is 84.3 Å². The summed E-state index contributed by atoms with van der Waals surface area (Å²) in [5, 5.41) is 3.01. The predicted molar refractivity (Wildman–Crippen MR) is 98.7 cm³/mol. The Morgan fingerprint density at radius 1 is 1.29 bits per heavy atom. The van der Waals surface area contributed by atoms with Crippen molar-refractivity contribution in [2.75, 3.05) is 52.5 Å². The fourth-order valence-corrected chi connectivity index (χ4v) is 5.49. The Hall–Kier alpha value is -1.90. The Morgan fingerprint density at radius 2 is 2.14 bits per heavy atom. The molecule has 0 unspecified atom stereocenters. The fraction of sp³-hybridized carbons (Fsp3) is 0.700. The maximum absolute atomic E-state index is 12.6. The van der Waals surface area contributed by atoms with Crippen LogP contribution in [0.4, 0.5) is 0 Å². The summed E-state index contributed by atoms with van der Waals surface area (Å²) in [6.45, 7) is 5.31. The van der Waals surface area contributed by atoms with Crippen LogP contribution >= 0.6 is 0 Å². The van der Waals surface area contributed by atoms with Gasteiger partial charge in [-0.2, -0.15) is 0 Å². The highest BCUT2D eigenvalue weighted by Crippen LogP contribution is 2.54. The lowest BCUT2D eigenvalue weighted by Crippen LogP contribution is -2.46. The Kier molecular flexibility index (Phi) is 4.65. The van der Waals surface area contributed by atoms with E-state index >= 15 is 0 Å². The van der Waals surface area contributed by atoms with E-state index in [2.05, 4.69) is 10.2 Å². The van der Waals surface area contributed by atoms with E-state index in [0.29, 0.717) is 51.1 Å². The third kappa shape index (κ3) is 3.13. The summed E-state index contributed by atoms with van der Waals surface area (Å²) in [5.41, 5.74) is -0.143. The molecule has 1 aromatic rings. The number of hydrogen-bond acceptors (Lipinski definition) is 6. The van der Waals surface area contributed by atoms with E-state index < -0.39 is 0 Å². The van der Waals surface area contributed by atoms with Gasteiger partial charge in [-0.1, -0.05) is 0 Å². The Labute approximate surface area is 164 Å². The molecule has 4 fully saturated rings. The zero-order chi connectivity index (χ0) is 19.1. The molecule has 0 radical (unpaired) electrons. The van der Waals surface area contributed by atoms with E-state index in [1.54, 1.807) is 12.1 Å². The SMILES string of the molecule is O=C(NC[C@H]1[C@H]2CN(CC(=O)N3CCOCC3)C[C@]23CC[C@H]1O3)c1ccco1. The van der Waals surface area contributed by atoms with Gasteiger partial charge in [-0.15, -0.1) is 0 Å². The summed E-state index contributed by atoms with van der Waals surface area (Å²) in [5.74, 6) is 0.982. The van der Waals surface area contributed by atoms with E-state index in [4.69, 9.17) is 13.9 Å².